The Bertz CT molecular complexity index is 222. The number of aliphatic hydroxyl groups is 1. The van der Waals surface area contributed by atoms with Crippen molar-refractivity contribution in [3.05, 3.63) is 0 Å². The van der Waals surface area contributed by atoms with Crippen LogP contribution in [0.15, 0.2) is 0 Å². The van der Waals surface area contributed by atoms with Gasteiger partial charge in [-0.25, -0.2) is 0 Å². The number of hydrogen-bond donors (Lipinski definition) is 1. The molecule has 0 aromatic rings. The van der Waals surface area contributed by atoms with E-state index >= 15 is 0 Å². The van der Waals surface area contributed by atoms with E-state index in [1.54, 1.807) is 11.8 Å². The number of carbonyl (C=O) groups excluding carboxylic acids is 1. The summed E-state index contributed by atoms with van der Waals surface area (Å²) in [4.78, 5) is 11.7. The molecule has 0 aromatic carbocycles. The lowest BCUT2D eigenvalue weighted by molar-refractivity contribution is -0.154. The number of hydrogen-bond acceptors (Lipinski definition) is 4. The van der Waals surface area contributed by atoms with Gasteiger partial charge < -0.3 is 9.84 Å². The standard InChI is InChI=1S/C11H20O3S/c1-11(2,3)14-10(13)9-5-4-8(15-9)6-7-12/h8-9,12H,4-7H2,1-3H3/t8-,9-/m1/s1. The van der Waals surface area contributed by atoms with Gasteiger partial charge in [0.15, 0.2) is 0 Å². The molecule has 0 radical (unpaired) electrons. The van der Waals surface area contributed by atoms with Crippen molar-refractivity contribution in [1.29, 1.82) is 0 Å². The minimum Gasteiger partial charge on any atom is -0.459 e. The Kier molecular flexibility index (Phi) is 4.46. The molecular weight excluding hydrogens is 212 g/mol. The Balaban J connectivity index is 2.37. The maximum atomic E-state index is 11.7. The van der Waals surface area contributed by atoms with Crippen LogP contribution in [-0.2, 0) is 9.53 Å². The molecule has 2 atom stereocenters. The van der Waals surface area contributed by atoms with Gasteiger partial charge in [-0.05, 0) is 40.0 Å². The van der Waals surface area contributed by atoms with Gasteiger partial charge in [0.05, 0.1) is 0 Å². The first-order valence-corrected chi connectivity index (χ1v) is 6.36. The molecule has 1 heterocycles. The Hall–Kier alpha value is -0.220. The maximum absolute atomic E-state index is 11.7. The zero-order chi connectivity index (χ0) is 11.5. The van der Waals surface area contributed by atoms with Crippen LogP contribution in [0.25, 0.3) is 0 Å². The number of esters is 1. The Morgan fingerprint density at radius 2 is 2.13 bits per heavy atom. The number of ether oxygens (including phenoxy) is 1. The minimum absolute atomic E-state index is 0.0271. The summed E-state index contributed by atoms with van der Waals surface area (Å²) in [5.41, 5.74) is -0.396. The van der Waals surface area contributed by atoms with Crippen molar-refractivity contribution >= 4 is 17.7 Å². The molecule has 0 bridgehead atoms. The van der Waals surface area contributed by atoms with Crippen LogP contribution < -0.4 is 0 Å². The summed E-state index contributed by atoms with van der Waals surface area (Å²) >= 11 is 1.65. The van der Waals surface area contributed by atoms with Gasteiger partial charge in [-0.3, -0.25) is 4.79 Å². The van der Waals surface area contributed by atoms with Crippen LogP contribution in [-0.4, -0.2) is 33.8 Å². The third-order valence-electron chi connectivity index (χ3n) is 2.23. The topological polar surface area (TPSA) is 46.5 Å². The molecular formula is C11H20O3S. The molecule has 0 aromatic heterocycles. The molecule has 0 saturated carbocycles. The van der Waals surface area contributed by atoms with Crippen molar-refractivity contribution in [3.8, 4) is 0 Å². The van der Waals surface area contributed by atoms with Crippen LogP contribution in [0.3, 0.4) is 0 Å². The predicted molar refractivity (Wildman–Crippen MR) is 61.9 cm³/mol. The minimum atomic E-state index is -0.396. The molecule has 1 aliphatic heterocycles. The Morgan fingerprint density at radius 3 is 2.67 bits per heavy atom. The predicted octanol–water partition coefficient (Wildman–Crippen LogP) is 1.97. The summed E-state index contributed by atoms with van der Waals surface area (Å²) in [6.45, 7) is 5.86. The van der Waals surface area contributed by atoms with Crippen LogP contribution in [0.5, 0.6) is 0 Å². The second kappa shape index (κ2) is 5.21. The van der Waals surface area contributed by atoms with Crippen LogP contribution in [0.2, 0.25) is 0 Å². The zero-order valence-corrected chi connectivity index (χ0v) is 10.5. The second-order valence-corrected chi connectivity index (χ2v) is 6.38. The molecule has 1 saturated heterocycles. The number of carbonyl (C=O) groups is 1. The van der Waals surface area contributed by atoms with E-state index in [4.69, 9.17) is 9.84 Å². The van der Waals surface area contributed by atoms with E-state index < -0.39 is 5.60 Å². The highest BCUT2D eigenvalue weighted by atomic mass is 32.2. The average molecular weight is 232 g/mol. The van der Waals surface area contributed by atoms with E-state index in [1.807, 2.05) is 20.8 Å². The fraction of sp³-hybridized carbons (Fsp3) is 0.909. The van der Waals surface area contributed by atoms with E-state index in [0.717, 1.165) is 19.3 Å². The molecule has 1 N–H and O–H groups in total. The van der Waals surface area contributed by atoms with E-state index in [2.05, 4.69) is 0 Å². The molecule has 88 valence electrons. The molecule has 1 rings (SSSR count). The van der Waals surface area contributed by atoms with Crippen LogP contribution >= 0.6 is 11.8 Å². The van der Waals surface area contributed by atoms with Crippen molar-refractivity contribution < 1.29 is 14.6 Å². The zero-order valence-electron chi connectivity index (χ0n) is 9.66. The number of rotatable bonds is 3. The largest absolute Gasteiger partial charge is 0.459 e. The second-order valence-electron chi connectivity index (χ2n) is 4.87. The van der Waals surface area contributed by atoms with Crippen molar-refractivity contribution in [3.63, 3.8) is 0 Å². The van der Waals surface area contributed by atoms with Gasteiger partial charge in [-0.1, -0.05) is 0 Å². The van der Waals surface area contributed by atoms with Crippen molar-refractivity contribution in [1.82, 2.24) is 0 Å². The van der Waals surface area contributed by atoms with Gasteiger partial charge in [-0.2, -0.15) is 0 Å². The van der Waals surface area contributed by atoms with Gasteiger partial charge in [0.1, 0.15) is 10.9 Å². The van der Waals surface area contributed by atoms with Crippen LogP contribution in [0.1, 0.15) is 40.0 Å². The van der Waals surface area contributed by atoms with E-state index in [9.17, 15) is 4.79 Å². The lowest BCUT2D eigenvalue weighted by atomic mass is 10.1. The quantitative estimate of drug-likeness (QED) is 0.756. The fourth-order valence-electron chi connectivity index (χ4n) is 1.60. The summed E-state index contributed by atoms with van der Waals surface area (Å²) in [7, 11) is 0. The molecule has 0 spiro atoms. The van der Waals surface area contributed by atoms with E-state index in [-0.39, 0.29) is 17.8 Å². The smallest absolute Gasteiger partial charge is 0.319 e. The lowest BCUT2D eigenvalue weighted by Gasteiger charge is -2.21. The Labute approximate surface area is 95.6 Å². The van der Waals surface area contributed by atoms with Gasteiger partial charge in [0.25, 0.3) is 0 Å². The lowest BCUT2D eigenvalue weighted by Crippen LogP contribution is -2.29. The Morgan fingerprint density at radius 1 is 1.47 bits per heavy atom. The van der Waals surface area contributed by atoms with E-state index in [0.29, 0.717) is 5.25 Å². The molecule has 0 amide bonds. The normalized spacial score (nSPS) is 26.7. The van der Waals surface area contributed by atoms with Crippen molar-refractivity contribution in [2.45, 2.75) is 56.1 Å². The summed E-state index contributed by atoms with van der Waals surface area (Å²) < 4.78 is 5.33. The van der Waals surface area contributed by atoms with Gasteiger partial charge >= 0.3 is 5.97 Å². The van der Waals surface area contributed by atoms with Crippen LogP contribution in [0, 0.1) is 0 Å². The monoisotopic (exact) mass is 232 g/mol. The highest BCUT2D eigenvalue weighted by Crippen LogP contribution is 2.36. The molecule has 15 heavy (non-hydrogen) atoms. The number of thioether (sulfide) groups is 1. The molecule has 4 heteroatoms. The maximum Gasteiger partial charge on any atom is 0.319 e. The summed E-state index contributed by atoms with van der Waals surface area (Å²) in [6.07, 6.45) is 2.67. The molecule has 3 nitrogen and oxygen atoms in total. The average Bonchev–Trinajstić information content (AvgIpc) is 2.50. The van der Waals surface area contributed by atoms with E-state index in [1.165, 1.54) is 0 Å². The molecule has 0 aliphatic carbocycles. The highest BCUT2D eigenvalue weighted by molar-refractivity contribution is 8.01. The third-order valence-corrected chi connectivity index (χ3v) is 3.84. The molecule has 0 unspecified atom stereocenters. The van der Waals surface area contributed by atoms with Crippen molar-refractivity contribution in [2.24, 2.45) is 0 Å². The van der Waals surface area contributed by atoms with Gasteiger partial charge in [-0.15, -0.1) is 11.8 Å². The molecule has 1 fully saturated rings. The van der Waals surface area contributed by atoms with Crippen molar-refractivity contribution in [2.75, 3.05) is 6.61 Å². The fourth-order valence-corrected chi connectivity index (χ4v) is 3.01. The van der Waals surface area contributed by atoms with Gasteiger partial charge in [0, 0.05) is 11.9 Å². The first-order valence-electron chi connectivity index (χ1n) is 5.41. The van der Waals surface area contributed by atoms with Crippen LogP contribution in [0.4, 0.5) is 0 Å². The molecule has 1 aliphatic rings. The third kappa shape index (κ3) is 4.43. The summed E-state index contributed by atoms with van der Waals surface area (Å²) in [5.74, 6) is -0.104. The summed E-state index contributed by atoms with van der Waals surface area (Å²) in [5, 5.41) is 9.21. The SMILES string of the molecule is CC(C)(C)OC(=O)[C@H]1CC[C@H](CCO)S1. The van der Waals surface area contributed by atoms with Gasteiger partial charge in [0.2, 0.25) is 0 Å². The summed E-state index contributed by atoms with van der Waals surface area (Å²) in [6, 6.07) is 0. The highest BCUT2D eigenvalue weighted by Gasteiger charge is 2.33. The number of aliphatic hydroxyl groups excluding tert-OH is 1. The first kappa shape index (κ1) is 12.8. The first-order chi connectivity index (χ1) is 6.92.